The number of nitrogens with one attached hydrogen (secondary N) is 1. The number of hydrogen-bond donors (Lipinski definition) is 2. The van der Waals surface area contributed by atoms with Crippen LogP contribution in [0.15, 0.2) is 48.5 Å². The van der Waals surface area contributed by atoms with E-state index in [1.807, 2.05) is 0 Å². The Balaban J connectivity index is 1.92. The number of ether oxygens (including phenoxy) is 2. The molecule has 0 aliphatic carbocycles. The van der Waals surface area contributed by atoms with E-state index in [1.165, 1.54) is 32.3 Å². The third-order valence-electron chi connectivity index (χ3n) is 3.37. The van der Waals surface area contributed by atoms with Gasteiger partial charge >= 0.3 is 5.97 Å². The Morgan fingerprint density at radius 3 is 2.69 bits per heavy atom. The zero-order valence-corrected chi connectivity index (χ0v) is 15.0. The summed E-state index contributed by atoms with van der Waals surface area (Å²) in [6.45, 7) is 1.47. The van der Waals surface area contributed by atoms with Crippen LogP contribution in [0.25, 0.3) is 6.08 Å². The van der Waals surface area contributed by atoms with Crippen molar-refractivity contribution >= 4 is 35.2 Å². The Bertz CT molecular complexity index is 834. The first kappa shape index (κ1) is 19.3. The summed E-state index contributed by atoms with van der Waals surface area (Å²) in [5.74, 6) is -0.862. The SMILES string of the molecule is COc1cc(/C=C/C(=O)O[C@H](C)C(=O)Nc2cccc(Cl)c2)ccc1O. The second-order valence-electron chi connectivity index (χ2n) is 5.34. The molecular formula is C19H18ClNO5. The number of halogens is 1. The molecule has 1 amide bonds. The molecule has 2 N–H and O–H groups in total. The third-order valence-corrected chi connectivity index (χ3v) is 3.61. The lowest BCUT2D eigenvalue weighted by molar-refractivity contribution is -0.148. The van der Waals surface area contributed by atoms with Crippen LogP contribution in [0.2, 0.25) is 5.02 Å². The number of benzene rings is 2. The molecule has 136 valence electrons. The molecule has 1 atom stereocenters. The van der Waals surface area contributed by atoms with Gasteiger partial charge in [-0.25, -0.2) is 4.79 Å². The van der Waals surface area contributed by atoms with Crippen LogP contribution >= 0.6 is 11.6 Å². The van der Waals surface area contributed by atoms with Crippen LogP contribution in [-0.2, 0) is 14.3 Å². The van der Waals surface area contributed by atoms with Crippen LogP contribution in [0.4, 0.5) is 5.69 Å². The van der Waals surface area contributed by atoms with Crippen LogP contribution in [0.5, 0.6) is 11.5 Å². The fourth-order valence-corrected chi connectivity index (χ4v) is 2.23. The first-order valence-corrected chi connectivity index (χ1v) is 8.09. The van der Waals surface area contributed by atoms with Gasteiger partial charge in [0.05, 0.1) is 7.11 Å². The Morgan fingerprint density at radius 2 is 2.00 bits per heavy atom. The summed E-state index contributed by atoms with van der Waals surface area (Å²) >= 11 is 5.85. The zero-order valence-electron chi connectivity index (χ0n) is 14.2. The minimum atomic E-state index is -0.986. The predicted molar refractivity (Wildman–Crippen MR) is 99.3 cm³/mol. The van der Waals surface area contributed by atoms with Crippen LogP contribution in [0.3, 0.4) is 0 Å². The van der Waals surface area contributed by atoms with Gasteiger partial charge in [0.2, 0.25) is 0 Å². The lowest BCUT2D eigenvalue weighted by Crippen LogP contribution is -2.29. The van der Waals surface area contributed by atoms with E-state index in [4.69, 9.17) is 21.1 Å². The zero-order chi connectivity index (χ0) is 19.1. The highest BCUT2D eigenvalue weighted by molar-refractivity contribution is 6.30. The second kappa shape index (κ2) is 8.92. The summed E-state index contributed by atoms with van der Waals surface area (Å²) < 4.78 is 10.1. The number of anilines is 1. The Labute approximate surface area is 156 Å². The monoisotopic (exact) mass is 375 g/mol. The van der Waals surface area contributed by atoms with E-state index in [2.05, 4.69) is 5.32 Å². The molecule has 0 saturated carbocycles. The fourth-order valence-electron chi connectivity index (χ4n) is 2.04. The quantitative estimate of drug-likeness (QED) is 0.594. The van der Waals surface area contributed by atoms with E-state index in [1.54, 1.807) is 36.4 Å². The lowest BCUT2D eigenvalue weighted by Gasteiger charge is -2.12. The van der Waals surface area contributed by atoms with Crippen LogP contribution in [0.1, 0.15) is 12.5 Å². The van der Waals surface area contributed by atoms with E-state index >= 15 is 0 Å². The number of phenolic OH excluding ortho intramolecular Hbond substituents is 1. The third kappa shape index (κ3) is 5.53. The standard InChI is InChI=1S/C19H18ClNO5/c1-12(19(24)21-15-5-3-4-14(20)11-15)26-18(23)9-7-13-6-8-16(22)17(10-13)25-2/h3-12,22H,1-2H3,(H,21,24)/b9-7+/t12-/m1/s1. The average molecular weight is 376 g/mol. The molecule has 7 heteroatoms. The highest BCUT2D eigenvalue weighted by atomic mass is 35.5. The number of rotatable bonds is 6. The maximum Gasteiger partial charge on any atom is 0.331 e. The molecule has 2 rings (SSSR count). The molecule has 0 fully saturated rings. The summed E-state index contributed by atoms with van der Waals surface area (Å²) in [4.78, 5) is 23.9. The van der Waals surface area contributed by atoms with Crippen molar-refractivity contribution < 1.29 is 24.2 Å². The average Bonchev–Trinajstić information content (AvgIpc) is 2.61. The van der Waals surface area contributed by atoms with Crippen LogP contribution in [-0.4, -0.2) is 30.2 Å². The number of amides is 1. The largest absolute Gasteiger partial charge is 0.504 e. The van der Waals surface area contributed by atoms with E-state index in [0.29, 0.717) is 16.3 Å². The first-order chi connectivity index (χ1) is 12.4. The van der Waals surface area contributed by atoms with Crippen molar-refractivity contribution in [3.8, 4) is 11.5 Å². The summed E-state index contributed by atoms with van der Waals surface area (Å²) in [5.41, 5.74) is 1.14. The molecule has 0 unspecified atom stereocenters. The van der Waals surface area contributed by atoms with E-state index in [9.17, 15) is 14.7 Å². The van der Waals surface area contributed by atoms with Crippen molar-refractivity contribution in [1.29, 1.82) is 0 Å². The lowest BCUT2D eigenvalue weighted by atomic mass is 10.2. The summed E-state index contributed by atoms with van der Waals surface area (Å²) in [7, 11) is 1.43. The van der Waals surface area contributed by atoms with Crippen molar-refractivity contribution in [2.24, 2.45) is 0 Å². The molecule has 2 aromatic rings. The fraction of sp³-hybridized carbons (Fsp3) is 0.158. The molecule has 6 nitrogen and oxygen atoms in total. The summed E-state index contributed by atoms with van der Waals surface area (Å²) in [6.07, 6.45) is 1.70. The Kier molecular flexibility index (Phi) is 6.63. The van der Waals surface area contributed by atoms with E-state index < -0.39 is 18.0 Å². The molecule has 0 saturated heterocycles. The van der Waals surface area contributed by atoms with Gasteiger partial charge in [-0.3, -0.25) is 4.79 Å². The highest BCUT2D eigenvalue weighted by Crippen LogP contribution is 2.26. The smallest absolute Gasteiger partial charge is 0.331 e. The van der Waals surface area contributed by atoms with Crippen molar-refractivity contribution in [3.05, 3.63) is 59.1 Å². The topological polar surface area (TPSA) is 84.9 Å². The number of hydrogen-bond acceptors (Lipinski definition) is 5. The molecule has 2 aromatic carbocycles. The number of carbonyl (C=O) groups is 2. The molecule has 0 aliphatic heterocycles. The van der Waals surface area contributed by atoms with Crippen molar-refractivity contribution in [1.82, 2.24) is 0 Å². The van der Waals surface area contributed by atoms with Gasteiger partial charge in [-0.15, -0.1) is 0 Å². The molecule has 0 spiro atoms. The van der Waals surface area contributed by atoms with Gasteiger partial charge in [-0.1, -0.05) is 23.7 Å². The number of phenols is 1. The summed E-state index contributed by atoms with van der Waals surface area (Å²) in [5, 5.41) is 12.6. The molecule has 0 radical (unpaired) electrons. The van der Waals surface area contributed by atoms with Gasteiger partial charge in [0.15, 0.2) is 17.6 Å². The number of aromatic hydroxyl groups is 1. The Hall–Kier alpha value is -2.99. The summed E-state index contributed by atoms with van der Waals surface area (Å²) in [6, 6.07) is 11.3. The molecule has 0 aromatic heterocycles. The normalized spacial score (nSPS) is 11.8. The molecular weight excluding hydrogens is 358 g/mol. The maximum absolute atomic E-state index is 12.1. The highest BCUT2D eigenvalue weighted by Gasteiger charge is 2.16. The van der Waals surface area contributed by atoms with Gasteiger partial charge in [0, 0.05) is 16.8 Å². The van der Waals surface area contributed by atoms with Crippen LogP contribution in [0, 0.1) is 0 Å². The molecule has 0 aliphatic rings. The van der Waals surface area contributed by atoms with Crippen molar-refractivity contribution in [2.75, 3.05) is 12.4 Å². The van der Waals surface area contributed by atoms with E-state index in [0.717, 1.165) is 0 Å². The minimum Gasteiger partial charge on any atom is -0.504 e. The first-order valence-electron chi connectivity index (χ1n) is 7.71. The maximum atomic E-state index is 12.1. The van der Waals surface area contributed by atoms with Gasteiger partial charge in [-0.2, -0.15) is 0 Å². The van der Waals surface area contributed by atoms with Crippen molar-refractivity contribution in [2.45, 2.75) is 13.0 Å². The molecule has 0 bridgehead atoms. The van der Waals surface area contributed by atoms with Crippen molar-refractivity contribution in [3.63, 3.8) is 0 Å². The number of methoxy groups -OCH3 is 1. The van der Waals surface area contributed by atoms with Gasteiger partial charge in [0.1, 0.15) is 0 Å². The Morgan fingerprint density at radius 1 is 1.23 bits per heavy atom. The van der Waals surface area contributed by atoms with E-state index in [-0.39, 0.29) is 11.5 Å². The van der Waals surface area contributed by atoms with Gasteiger partial charge in [-0.05, 0) is 48.9 Å². The number of carbonyl (C=O) groups excluding carboxylic acids is 2. The minimum absolute atomic E-state index is 0.00136. The number of esters is 1. The van der Waals surface area contributed by atoms with Gasteiger partial charge < -0.3 is 19.9 Å². The molecule has 26 heavy (non-hydrogen) atoms. The second-order valence-corrected chi connectivity index (χ2v) is 5.78. The van der Waals surface area contributed by atoms with Gasteiger partial charge in [0.25, 0.3) is 5.91 Å². The predicted octanol–water partition coefficient (Wildman–Crippen LogP) is 3.64. The molecule has 0 heterocycles. The van der Waals surface area contributed by atoms with Crippen LogP contribution < -0.4 is 10.1 Å².